The number of benzene rings is 3. The molecule has 33 heavy (non-hydrogen) atoms. The number of methoxy groups -OCH3 is 3. The Balaban J connectivity index is 1.74. The van der Waals surface area contributed by atoms with Crippen LogP contribution >= 0.6 is 15.9 Å². The smallest absolute Gasteiger partial charge is 0.343 e. The molecule has 3 aromatic carbocycles. The minimum atomic E-state index is -0.588. The number of rotatable bonds is 8. The second-order valence-electron chi connectivity index (χ2n) is 6.57. The van der Waals surface area contributed by atoms with Gasteiger partial charge in [-0.3, -0.25) is 4.79 Å². The molecule has 0 unspecified atom stereocenters. The summed E-state index contributed by atoms with van der Waals surface area (Å²) in [5.74, 6) is 0.831. The van der Waals surface area contributed by atoms with E-state index in [1.807, 2.05) is 0 Å². The van der Waals surface area contributed by atoms with Crippen LogP contribution in [0.2, 0.25) is 0 Å². The minimum Gasteiger partial charge on any atom is -0.497 e. The summed E-state index contributed by atoms with van der Waals surface area (Å²) in [7, 11) is 4.54. The lowest BCUT2D eigenvalue weighted by molar-refractivity contribution is 0.0733. The van der Waals surface area contributed by atoms with Gasteiger partial charge in [0.15, 0.2) is 11.5 Å². The molecule has 0 heterocycles. The molecule has 0 saturated heterocycles. The number of carbonyl (C=O) groups is 2. The zero-order valence-corrected chi connectivity index (χ0v) is 19.7. The van der Waals surface area contributed by atoms with Gasteiger partial charge in [-0.2, -0.15) is 5.10 Å². The van der Waals surface area contributed by atoms with Crippen molar-refractivity contribution < 1.29 is 28.5 Å². The van der Waals surface area contributed by atoms with E-state index in [4.69, 9.17) is 18.9 Å². The molecule has 0 bridgehead atoms. The van der Waals surface area contributed by atoms with Crippen LogP contribution < -0.4 is 24.4 Å². The zero-order valence-electron chi connectivity index (χ0n) is 18.1. The predicted octanol–water partition coefficient (Wildman–Crippen LogP) is 4.46. The van der Waals surface area contributed by atoms with Crippen LogP contribution in [0.4, 0.5) is 0 Å². The molecule has 0 saturated carbocycles. The number of hydrogen-bond acceptors (Lipinski definition) is 7. The number of halogens is 1. The van der Waals surface area contributed by atoms with E-state index in [1.54, 1.807) is 61.7 Å². The molecule has 0 aromatic heterocycles. The Morgan fingerprint density at radius 3 is 2.15 bits per heavy atom. The topological polar surface area (TPSA) is 95.5 Å². The van der Waals surface area contributed by atoms with E-state index < -0.39 is 11.9 Å². The fourth-order valence-corrected chi connectivity index (χ4v) is 3.18. The highest BCUT2D eigenvalue weighted by Crippen LogP contribution is 2.29. The van der Waals surface area contributed by atoms with Crippen LogP contribution in [0.3, 0.4) is 0 Å². The number of nitrogens with zero attached hydrogens (tertiary/aromatic N) is 1. The summed E-state index contributed by atoms with van der Waals surface area (Å²) in [6.45, 7) is 0. The number of nitrogens with one attached hydrogen (secondary N) is 1. The zero-order chi connectivity index (χ0) is 23.8. The fraction of sp³-hybridized carbons (Fsp3) is 0.125. The average molecular weight is 513 g/mol. The van der Waals surface area contributed by atoms with Crippen LogP contribution in [0.5, 0.6) is 23.0 Å². The van der Waals surface area contributed by atoms with Gasteiger partial charge in [0.25, 0.3) is 5.91 Å². The summed E-state index contributed by atoms with van der Waals surface area (Å²) < 4.78 is 21.8. The van der Waals surface area contributed by atoms with Gasteiger partial charge in [-0.1, -0.05) is 15.9 Å². The third kappa shape index (κ3) is 6.11. The van der Waals surface area contributed by atoms with Gasteiger partial charge in [0.05, 0.1) is 33.1 Å². The highest BCUT2D eigenvalue weighted by molar-refractivity contribution is 9.10. The Hall–Kier alpha value is -3.85. The monoisotopic (exact) mass is 512 g/mol. The van der Waals surface area contributed by atoms with Gasteiger partial charge in [-0.05, 0) is 60.7 Å². The quantitative estimate of drug-likeness (QED) is 0.207. The second-order valence-corrected chi connectivity index (χ2v) is 7.48. The molecular weight excluding hydrogens is 492 g/mol. The van der Waals surface area contributed by atoms with Crippen molar-refractivity contribution in [3.63, 3.8) is 0 Å². The number of hydrazone groups is 1. The molecule has 0 aliphatic carbocycles. The Bertz CT molecular complexity index is 1180. The maximum Gasteiger partial charge on any atom is 0.343 e. The number of hydrogen-bond donors (Lipinski definition) is 1. The van der Waals surface area contributed by atoms with Crippen molar-refractivity contribution in [2.45, 2.75) is 0 Å². The van der Waals surface area contributed by atoms with Crippen molar-refractivity contribution in [3.8, 4) is 23.0 Å². The molecule has 3 aromatic rings. The van der Waals surface area contributed by atoms with Gasteiger partial charge in [0.1, 0.15) is 11.5 Å². The maximum atomic E-state index is 12.7. The first kappa shape index (κ1) is 23.8. The fourth-order valence-electron chi connectivity index (χ4n) is 2.80. The first-order valence-corrected chi connectivity index (χ1v) is 10.5. The molecule has 0 aliphatic heterocycles. The van der Waals surface area contributed by atoms with Crippen molar-refractivity contribution in [2.24, 2.45) is 5.10 Å². The molecule has 9 heteroatoms. The van der Waals surface area contributed by atoms with Crippen molar-refractivity contribution in [1.82, 2.24) is 5.43 Å². The third-order valence-electron chi connectivity index (χ3n) is 4.52. The lowest BCUT2D eigenvalue weighted by Crippen LogP contribution is -2.17. The first-order chi connectivity index (χ1) is 15.9. The summed E-state index contributed by atoms with van der Waals surface area (Å²) in [5, 5.41) is 3.99. The number of esters is 1. The first-order valence-electron chi connectivity index (χ1n) is 9.66. The summed E-state index contributed by atoms with van der Waals surface area (Å²) in [6.07, 6.45) is 1.39. The normalized spacial score (nSPS) is 10.5. The highest BCUT2D eigenvalue weighted by atomic mass is 79.9. The average Bonchev–Trinajstić information content (AvgIpc) is 2.84. The highest BCUT2D eigenvalue weighted by Gasteiger charge is 2.15. The molecule has 1 amide bonds. The largest absolute Gasteiger partial charge is 0.497 e. The van der Waals surface area contributed by atoms with Crippen LogP contribution in [0, 0.1) is 0 Å². The van der Waals surface area contributed by atoms with Crippen LogP contribution in [-0.2, 0) is 0 Å². The van der Waals surface area contributed by atoms with Crippen molar-refractivity contribution in [2.75, 3.05) is 21.3 Å². The Labute approximate surface area is 199 Å². The molecule has 0 spiro atoms. The molecule has 0 radical (unpaired) electrons. The van der Waals surface area contributed by atoms with E-state index in [2.05, 4.69) is 26.5 Å². The van der Waals surface area contributed by atoms with Gasteiger partial charge in [0.2, 0.25) is 0 Å². The van der Waals surface area contributed by atoms with Crippen molar-refractivity contribution in [1.29, 1.82) is 0 Å². The number of ether oxygens (including phenoxy) is 4. The van der Waals surface area contributed by atoms with E-state index >= 15 is 0 Å². The Kier molecular flexibility index (Phi) is 8.04. The predicted molar refractivity (Wildman–Crippen MR) is 127 cm³/mol. The van der Waals surface area contributed by atoms with Gasteiger partial charge in [-0.25, -0.2) is 10.2 Å². The lowest BCUT2D eigenvalue weighted by Gasteiger charge is -2.11. The van der Waals surface area contributed by atoms with Crippen LogP contribution in [0.15, 0.2) is 70.2 Å². The van der Waals surface area contributed by atoms with Crippen LogP contribution in [0.25, 0.3) is 0 Å². The van der Waals surface area contributed by atoms with Gasteiger partial charge in [-0.15, -0.1) is 0 Å². The van der Waals surface area contributed by atoms with Crippen molar-refractivity contribution >= 4 is 34.0 Å². The summed E-state index contributed by atoms with van der Waals surface area (Å²) in [5.41, 5.74) is 3.63. The van der Waals surface area contributed by atoms with E-state index in [0.29, 0.717) is 28.4 Å². The Morgan fingerprint density at radius 2 is 1.48 bits per heavy atom. The molecular formula is C24H21BrN2O6. The molecule has 0 atom stereocenters. The maximum absolute atomic E-state index is 12.7. The molecule has 1 N–H and O–H groups in total. The van der Waals surface area contributed by atoms with Gasteiger partial charge in [0, 0.05) is 15.6 Å². The summed E-state index contributed by atoms with van der Waals surface area (Å²) in [4.78, 5) is 25.0. The summed E-state index contributed by atoms with van der Waals surface area (Å²) >= 11 is 3.38. The van der Waals surface area contributed by atoms with Crippen LogP contribution in [0.1, 0.15) is 26.3 Å². The molecule has 0 fully saturated rings. The SMILES string of the molecule is COc1ccc(C(=O)N/N=C\c2cc(Br)ccc2OC(=O)c2ccc(OC)c(OC)c2)cc1. The van der Waals surface area contributed by atoms with E-state index in [1.165, 1.54) is 26.5 Å². The van der Waals surface area contributed by atoms with E-state index in [9.17, 15) is 9.59 Å². The van der Waals surface area contributed by atoms with Crippen LogP contribution in [-0.4, -0.2) is 39.4 Å². The summed E-state index contributed by atoms with van der Waals surface area (Å²) in [6, 6.07) is 16.4. The minimum absolute atomic E-state index is 0.264. The van der Waals surface area contributed by atoms with E-state index in [0.717, 1.165) is 4.47 Å². The standard InChI is InChI=1S/C24H21BrN2O6/c1-30-19-8-4-15(5-9-19)23(28)27-26-14-17-12-18(25)7-11-20(17)33-24(29)16-6-10-21(31-2)22(13-16)32-3/h4-14H,1-3H3,(H,27,28)/b26-14-. The Morgan fingerprint density at radius 1 is 0.818 bits per heavy atom. The number of amides is 1. The third-order valence-corrected chi connectivity index (χ3v) is 5.01. The van der Waals surface area contributed by atoms with Gasteiger partial charge < -0.3 is 18.9 Å². The molecule has 3 rings (SSSR count). The lowest BCUT2D eigenvalue weighted by atomic mass is 10.2. The van der Waals surface area contributed by atoms with Crippen molar-refractivity contribution in [3.05, 3.63) is 81.8 Å². The molecule has 170 valence electrons. The van der Waals surface area contributed by atoms with Gasteiger partial charge >= 0.3 is 5.97 Å². The number of carbonyl (C=O) groups excluding carboxylic acids is 2. The second kappa shape index (κ2) is 11.1. The van der Waals surface area contributed by atoms with E-state index in [-0.39, 0.29) is 11.3 Å². The molecule has 0 aliphatic rings. The molecule has 8 nitrogen and oxygen atoms in total.